The smallest absolute Gasteiger partial charge is 0.355 e. The van der Waals surface area contributed by atoms with E-state index in [-0.39, 0.29) is 28.4 Å². The third kappa shape index (κ3) is 4.26. The van der Waals surface area contributed by atoms with Crippen molar-refractivity contribution in [3.05, 3.63) is 107 Å². The van der Waals surface area contributed by atoms with Gasteiger partial charge in [-0.05, 0) is 41.0 Å². The van der Waals surface area contributed by atoms with E-state index in [0.717, 1.165) is 11.1 Å². The van der Waals surface area contributed by atoms with Gasteiger partial charge in [0.05, 0.1) is 37.4 Å². The van der Waals surface area contributed by atoms with Crippen LogP contribution in [0.4, 0.5) is 5.69 Å². The van der Waals surface area contributed by atoms with Gasteiger partial charge < -0.3 is 20.3 Å². The first-order chi connectivity index (χ1) is 17.4. The molecule has 0 aromatic heterocycles. The molecule has 1 heterocycles. The van der Waals surface area contributed by atoms with Crippen molar-refractivity contribution in [1.29, 1.82) is 5.26 Å². The number of phenolic OH excluding ortho intramolecular Hbond substituents is 1. The Kier molecular flexibility index (Phi) is 6.75. The minimum atomic E-state index is -0.936. The van der Waals surface area contributed by atoms with E-state index in [2.05, 4.69) is 6.07 Å². The van der Waals surface area contributed by atoms with Gasteiger partial charge in [0.1, 0.15) is 17.3 Å². The number of aromatic hydroxyl groups is 1. The summed E-state index contributed by atoms with van der Waals surface area (Å²) >= 11 is 0. The number of anilines is 1. The zero-order chi connectivity index (χ0) is 25.8. The number of carbonyl (C=O) groups excluding carboxylic acids is 2. The van der Waals surface area contributed by atoms with Gasteiger partial charge in [-0.1, -0.05) is 54.6 Å². The molecule has 3 aromatic rings. The first-order valence-electron chi connectivity index (χ1n) is 11.0. The Morgan fingerprint density at radius 2 is 1.58 bits per heavy atom. The molecular formula is C28H23N3O5. The Hall–Kier alpha value is -5.03. The van der Waals surface area contributed by atoms with Crippen molar-refractivity contribution < 1.29 is 24.2 Å². The molecule has 0 saturated carbocycles. The molecule has 8 nitrogen and oxygen atoms in total. The van der Waals surface area contributed by atoms with Crippen LogP contribution in [0.1, 0.15) is 11.5 Å². The lowest BCUT2D eigenvalue weighted by Crippen LogP contribution is -2.40. The predicted octanol–water partition coefficient (Wildman–Crippen LogP) is 3.96. The number of methoxy groups -OCH3 is 2. The van der Waals surface area contributed by atoms with Crippen LogP contribution in [0, 0.1) is 11.3 Å². The van der Waals surface area contributed by atoms with Gasteiger partial charge in [-0.25, -0.2) is 9.59 Å². The molecule has 0 spiro atoms. The molecule has 4 rings (SSSR count). The van der Waals surface area contributed by atoms with Gasteiger partial charge in [0.2, 0.25) is 0 Å². The Balaban J connectivity index is 2.00. The predicted molar refractivity (Wildman–Crippen MR) is 133 cm³/mol. The first-order valence-corrected chi connectivity index (χ1v) is 11.0. The van der Waals surface area contributed by atoms with Crippen LogP contribution in [0.3, 0.4) is 0 Å². The topological polar surface area (TPSA) is 126 Å². The number of nitrogens with two attached hydrogens (primary N) is 1. The number of phenols is 1. The number of hydrogen-bond donors (Lipinski definition) is 2. The highest BCUT2D eigenvalue weighted by atomic mass is 16.5. The maximum absolute atomic E-state index is 13.2. The molecule has 180 valence electrons. The fourth-order valence-corrected chi connectivity index (χ4v) is 4.26. The molecule has 0 fully saturated rings. The van der Waals surface area contributed by atoms with Crippen LogP contribution in [-0.4, -0.2) is 31.3 Å². The van der Waals surface area contributed by atoms with Crippen LogP contribution in [0.15, 0.2) is 102 Å². The maximum Gasteiger partial charge on any atom is 0.355 e. The Bertz CT molecular complexity index is 1420. The number of carbonyl (C=O) groups is 2. The summed E-state index contributed by atoms with van der Waals surface area (Å²) in [5, 5.41) is 19.8. The quantitative estimate of drug-likeness (QED) is 0.525. The highest BCUT2D eigenvalue weighted by Crippen LogP contribution is 2.43. The van der Waals surface area contributed by atoms with Crippen LogP contribution in [0.5, 0.6) is 5.75 Å². The number of hydrogen-bond acceptors (Lipinski definition) is 8. The van der Waals surface area contributed by atoms with Crippen molar-refractivity contribution in [2.75, 3.05) is 19.1 Å². The number of ether oxygens (including phenoxy) is 2. The van der Waals surface area contributed by atoms with E-state index in [1.807, 2.05) is 6.07 Å². The average molecular weight is 482 g/mol. The zero-order valence-corrected chi connectivity index (χ0v) is 19.6. The van der Waals surface area contributed by atoms with Crippen LogP contribution in [-0.2, 0) is 19.1 Å². The Labute approximate surface area is 208 Å². The number of allylic oxidation sites excluding steroid dienone is 1. The van der Waals surface area contributed by atoms with Crippen molar-refractivity contribution in [1.82, 2.24) is 0 Å². The molecule has 0 bridgehead atoms. The maximum atomic E-state index is 13.2. The molecule has 0 saturated heterocycles. The van der Waals surface area contributed by atoms with Crippen LogP contribution in [0.2, 0.25) is 0 Å². The van der Waals surface area contributed by atoms with Gasteiger partial charge in [-0.2, -0.15) is 5.26 Å². The molecule has 1 atom stereocenters. The fourth-order valence-electron chi connectivity index (χ4n) is 4.26. The lowest BCUT2D eigenvalue weighted by atomic mass is 9.81. The molecule has 0 radical (unpaired) electrons. The number of nitrogens with zero attached hydrogens (tertiary/aromatic N) is 2. The monoisotopic (exact) mass is 481 g/mol. The van der Waals surface area contributed by atoms with Gasteiger partial charge in [-0.15, -0.1) is 0 Å². The van der Waals surface area contributed by atoms with Crippen LogP contribution in [0.25, 0.3) is 11.1 Å². The molecular weight excluding hydrogens is 458 g/mol. The molecule has 8 heteroatoms. The highest BCUT2D eigenvalue weighted by molar-refractivity contribution is 6.06. The van der Waals surface area contributed by atoms with Crippen molar-refractivity contribution >= 4 is 17.6 Å². The van der Waals surface area contributed by atoms with Crippen LogP contribution >= 0.6 is 0 Å². The van der Waals surface area contributed by atoms with E-state index >= 15 is 0 Å². The van der Waals surface area contributed by atoms with Crippen molar-refractivity contribution in [3.63, 3.8) is 0 Å². The Morgan fingerprint density at radius 1 is 0.917 bits per heavy atom. The summed E-state index contributed by atoms with van der Waals surface area (Å²) in [6, 6.07) is 24.6. The second-order valence-electron chi connectivity index (χ2n) is 7.93. The van der Waals surface area contributed by atoms with E-state index in [4.69, 9.17) is 15.2 Å². The third-order valence-electron chi connectivity index (χ3n) is 5.92. The van der Waals surface area contributed by atoms with Gasteiger partial charge in [0.25, 0.3) is 0 Å². The van der Waals surface area contributed by atoms with Gasteiger partial charge in [0.15, 0.2) is 0 Å². The van der Waals surface area contributed by atoms with E-state index < -0.39 is 17.9 Å². The molecule has 1 aliphatic rings. The van der Waals surface area contributed by atoms with Gasteiger partial charge in [0, 0.05) is 5.69 Å². The standard InChI is InChI=1S/C28H23N3O5/c1-35-27(33)24-23(18-7-4-3-5-8-18)22(16-29)26(30)31(25(24)28(34)36-2)20-10-6-9-19(15-20)17-11-13-21(32)14-12-17/h3-15,23,32H,30H2,1-2H3. The Morgan fingerprint density at radius 3 is 2.19 bits per heavy atom. The zero-order valence-electron chi connectivity index (χ0n) is 19.6. The molecule has 36 heavy (non-hydrogen) atoms. The van der Waals surface area contributed by atoms with E-state index in [0.29, 0.717) is 11.3 Å². The van der Waals surface area contributed by atoms with E-state index in [1.165, 1.54) is 19.1 Å². The highest BCUT2D eigenvalue weighted by Gasteiger charge is 2.43. The summed E-state index contributed by atoms with van der Waals surface area (Å²) in [5.74, 6) is -2.42. The molecule has 1 aliphatic heterocycles. The SMILES string of the molecule is COC(=O)C1=C(C(=O)OC)N(c2cccc(-c3ccc(O)cc3)c2)C(N)=C(C#N)C1c1ccccc1. The van der Waals surface area contributed by atoms with E-state index in [1.54, 1.807) is 72.8 Å². The molecule has 3 N–H and O–H groups in total. The minimum absolute atomic E-state index is 0.0118. The van der Waals surface area contributed by atoms with Crippen molar-refractivity contribution in [2.45, 2.75) is 5.92 Å². The third-order valence-corrected chi connectivity index (χ3v) is 5.92. The fraction of sp³-hybridized carbons (Fsp3) is 0.107. The minimum Gasteiger partial charge on any atom is -0.508 e. The normalized spacial score (nSPS) is 15.4. The lowest BCUT2D eigenvalue weighted by molar-refractivity contribution is -0.139. The van der Waals surface area contributed by atoms with Crippen molar-refractivity contribution in [2.24, 2.45) is 5.73 Å². The molecule has 0 amide bonds. The molecule has 0 aliphatic carbocycles. The average Bonchev–Trinajstić information content (AvgIpc) is 2.92. The largest absolute Gasteiger partial charge is 0.508 e. The van der Waals surface area contributed by atoms with Crippen molar-refractivity contribution in [3.8, 4) is 22.9 Å². The first kappa shape index (κ1) is 24.1. The summed E-state index contributed by atoms with van der Waals surface area (Å²) in [6.07, 6.45) is 0. The number of nitriles is 1. The van der Waals surface area contributed by atoms with Gasteiger partial charge >= 0.3 is 11.9 Å². The number of rotatable bonds is 5. The summed E-state index contributed by atoms with van der Waals surface area (Å²) < 4.78 is 10.1. The summed E-state index contributed by atoms with van der Waals surface area (Å²) in [4.78, 5) is 27.7. The summed E-state index contributed by atoms with van der Waals surface area (Å²) in [5.41, 5.74) is 9.01. The van der Waals surface area contributed by atoms with Crippen LogP contribution < -0.4 is 10.6 Å². The second kappa shape index (κ2) is 10.1. The second-order valence-corrected chi connectivity index (χ2v) is 7.93. The summed E-state index contributed by atoms with van der Waals surface area (Å²) in [6.45, 7) is 0. The molecule has 3 aromatic carbocycles. The van der Waals surface area contributed by atoms with Gasteiger partial charge in [-0.3, -0.25) is 4.90 Å². The van der Waals surface area contributed by atoms with E-state index in [9.17, 15) is 20.0 Å². The number of benzene rings is 3. The lowest BCUT2D eigenvalue weighted by Gasteiger charge is -2.36. The number of esters is 2. The molecule has 1 unspecified atom stereocenters. The summed E-state index contributed by atoms with van der Waals surface area (Å²) in [7, 11) is 2.41.